The SMILES string of the molecule is CCCCC(O)COCCC(C=O)(CCOCC(O)CCCC)Cc1ccc2c(c1)OCO2. The van der Waals surface area contributed by atoms with E-state index >= 15 is 0 Å². The Bertz CT molecular complexity index is 657. The maximum atomic E-state index is 12.3. The molecule has 0 spiro atoms. The number of ether oxygens (including phenoxy) is 4. The van der Waals surface area contributed by atoms with E-state index in [0.717, 1.165) is 50.4 Å². The Labute approximate surface area is 198 Å². The molecule has 0 amide bonds. The van der Waals surface area contributed by atoms with Gasteiger partial charge in [0, 0.05) is 18.6 Å². The van der Waals surface area contributed by atoms with Gasteiger partial charge in [-0.15, -0.1) is 0 Å². The first kappa shape index (κ1) is 27.6. The van der Waals surface area contributed by atoms with Crippen LogP contribution in [0.4, 0.5) is 0 Å². The average molecular weight is 467 g/mol. The molecule has 0 bridgehead atoms. The van der Waals surface area contributed by atoms with Gasteiger partial charge >= 0.3 is 0 Å². The number of carbonyl (C=O) groups is 1. The van der Waals surface area contributed by atoms with Crippen LogP contribution in [0.15, 0.2) is 18.2 Å². The first-order valence-electron chi connectivity index (χ1n) is 12.4. The molecule has 0 saturated heterocycles. The Morgan fingerprint density at radius 1 is 0.970 bits per heavy atom. The largest absolute Gasteiger partial charge is 0.454 e. The summed E-state index contributed by atoms with van der Waals surface area (Å²) in [5.74, 6) is 1.40. The summed E-state index contributed by atoms with van der Waals surface area (Å²) in [6.07, 6.45) is 7.07. The van der Waals surface area contributed by atoms with Gasteiger partial charge < -0.3 is 34.0 Å². The maximum Gasteiger partial charge on any atom is 0.231 e. The topological polar surface area (TPSA) is 94.5 Å². The van der Waals surface area contributed by atoms with Crippen LogP contribution in [0.1, 0.15) is 70.8 Å². The zero-order chi connectivity index (χ0) is 23.9. The smallest absolute Gasteiger partial charge is 0.231 e. The molecule has 1 heterocycles. The van der Waals surface area contributed by atoms with E-state index in [-0.39, 0.29) is 20.0 Å². The highest BCUT2D eigenvalue weighted by Gasteiger charge is 2.31. The molecule has 0 radical (unpaired) electrons. The third-order valence-electron chi connectivity index (χ3n) is 6.13. The predicted octanol–water partition coefficient (Wildman–Crippen LogP) is 4.06. The van der Waals surface area contributed by atoms with Crippen molar-refractivity contribution in [3.8, 4) is 11.5 Å². The number of rotatable bonds is 19. The fraction of sp³-hybridized carbons (Fsp3) is 0.731. The van der Waals surface area contributed by atoms with Crippen LogP contribution in [-0.2, 0) is 20.7 Å². The number of fused-ring (bicyclic) bond motifs is 1. The second-order valence-electron chi connectivity index (χ2n) is 9.09. The number of benzene rings is 1. The van der Waals surface area contributed by atoms with Crippen molar-refractivity contribution in [1.29, 1.82) is 0 Å². The van der Waals surface area contributed by atoms with Gasteiger partial charge in [0.15, 0.2) is 11.5 Å². The molecule has 1 aromatic carbocycles. The zero-order valence-corrected chi connectivity index (χ0v) is 20.3. The van der Waals surface area contributed by atoms with Crippen LogP contribution >= 0.6 is 0 Å². The lowest BCUT2D eigenvalue weighted by molar-refractivity contribution is -0.119. The van der Waals surface area contributed by atoms with E-state index in [4.69, 9.17) is 18.9 Å². The van der Waals surface area contributed by atoms with E-state index in [1.165, 1.54) is 0 Å². The van der Waals surface area contributed by atoms with Gasteiger partial charge in [0.05, 0.1) is 25.4 Å². The van der Waals surface area contributed by atoms with E-state index in [2.05, 4.69) is 13.8 Å². The first-order valence-corrected chi connectivity index (χ1v) is 12.4. The van der Waals surface area contributed by atoms with Gasteiger partial charge in [0.2, 0.25) is 6.79 Å². The average Bonchev–Trinajstić information content (AvgIpc) is 3.29. The van der Waals surface area contributed by atoms with Crippen LogP contribution in [0.25, 0.3) is 0 Å². The lowest BCUT2D eigenvalue weighted by atomic mass is 9.77. The summed E-state index contributed by atoms with van der Waals surface area (Å²) >= 11 is 0. The Morgan fingerprint density at radius 2 is 1.55 bits per heavy atom. The summed E-state index contributed by atoms with van der Waals surface area (Å²) in [5, 5.41) is 20.0. The molecule has 0 aromatic heterocycles. The lowest BCUT2D eigenvalue weighted by Crippen LogP contribution is -2.30. The normalized spacial score (nSPS) is 16.4. The maximum absolute atomic E-state index is 12.3. The number of hydrogen-bond donors (Lipinski definition) is 2. The van der Waals surface area contributed by atoms with Gasteiger partial charge in [-0.2, -0.15) is 0 Å². The quantitative estimate of drug-likeness (QED) is 0.235. The minimum atomic E-state index is -0.670. The molecule has 7 nitrogen and oxygen atoms in total. The zero-order valence-electron chi connectivity index (χ0n) is 20.3. The predicted molar refractivity (Wildman–Crippen MR) is 127 cm³/mol. The van der Waals surface area contributed by atoms with Gasteiger partial charge in [-0.1, -0.05) is 45.6 Å². The Hall–Kier alpha value is -1.67. The summed E-state index contributed by atoms with van der Waals surface area (Å²) in [4.78, 5) is 12.3. The number of aliphatic hydroxyl groups is 2. The molecule has 1 aromatic rings. The fourth-order valence-electron chi connectivity index (χ4n) is 3.95. The van der Waals surface area contributed by atoms with Gasteiger partial charge in [-0.3, -0.25) is 0 Å². The van der Waals surface area contributed by atoms with Gasteiger partial charge in [-0.25, -0.2) is 0 Å². The van der Waals surface area contributed by atoms with E-state index in [9.17, 15) is 15.0 Å². The van der Waals surface area contributed by atoms with Crippen molar-refractivity contribution >= 4 is 6.29 Å². The molecule has 1 aliphatic heterocycles. The molecule has 2 rings (SSSR count). The fourth-order valence-corrected chi connectivity index (χ4v) is 3.95. The minimum Gasteiger partial charge on any atom is -0.454 e. The second-order valence-corrected chi connectivity index (χ2v) is 9.09. The van der Waals surface area contributed by atoms with Crippen LogP contribution in [0.2, 0.25) is 0 Å². The van der Waals surface area contributed by atoms with Crippen molar-refractivity contribution in [2.45, 2.75) is 83.8 Å². The Balaban J connectivity index is 1.93. The number of aldehydes is 1. The molecule has 33 heavy (non-hydrogen) atoms. The van der Waals surface area contributed by atoms with Crippen molar-refractivity contribution in [2.24, 2.45) is 5.41 Å². The standard InChI is InChI=1S/C26H42O7/c1-3-5-7-22(28)17-30-13-11-26(19-27,12-14-31-18-23(29)8-6-4-2)16-21-9-10-24-25(15-21)33-20-32-24/h9-10,15,19,22-23,28-29H,3-8,11-14,16-18,20H2,1-2H3. The molecule has 0 aliphatic carbocycles. The summed E-state index contributed by atoms with van der Waals surface area (Å²) in [6.45, 7) is 5.70. The number of hydrogen-bond acceptors (Lipinski definition) is 7. The van der Waals surface area contributed by atoms with Crippen LogP contribution in [0.5, 0.6) is 11.5 Å². The van der Waals surface area contributed by atoms with Gasteiger partial charge in [-0.05, 0) is 49.8 Å². The third kappa shape index (κ3) is 10.0. The summed E-state index contributed by atoms with van der Waals surface area (Å²) in [7, 11) is 0. The van der Waals surface area contributed by atoms with Crippen molar-refractivity contribution in [3.05, 3.63) is 23.8 Å². The highest BCUT2D eigenvalue weighted by atomic mass is 16.7. The van der Waals surface area contributed by atoms with Crippen LogP contribution in [0.3, 0.4) is 0 Å². The summed E-state index contributed by atoms with van der Waals surface area (Å²) in [6, 6.07) is 5.75. The van der Waals surface area contributed by atoms with Crippen molar-refractivity contribution in [3.63, 3.8) is 0 Å². The number of carbonyl (C=O) groups excluding carboxylic acids is 1. The highest BCUT2D eigenvalue weighted by Crippen LogP contribution is 2.36. The Morgan fingerprint density at radius 3 is 2.09 bits per heavy atom. The number of aliphatic hydroxyl groups excluding tert-OH is 2. The van der Waals surface area contributed by atoms with E-state index < -0.39 is 17.6 Å². The summed E-state index contributed by atoms with van der Waals surface area (Å²) in [5.41, 5.74) is 0.313. The molecule has 1 aliphatic rings. The monoisotopic (exact) mass is 466 g/mol. The highest BCUT2D eigenvalue weighted by molar-refractivity contribution is 5.60. The first-order chi connectivity index (χ1) is 16.0. The van der Waals surface area contributed by atoms with Gasteiger partial charge in [0.25, 0.3) is 0 Å². The number of unbranched alkanes of at least 4 members (excludes halogenated alkanes) is 2. The molecular formula is C26H42O7. The Kier molecular flexibility index (Phi) is 12.8. The van der Waals surface area contributed by atoms with E-state index in [1.807, 2.05) is 18.2 Å². The van der Waals surface area contributed by atoms with E-state index in [1.54, 1.807) is 0 Å². The van der Waals surface area contributed by atoms with E-state index in [0.29, 0.717) is 44.0 Å². The molecular weight excluding hydrogens is 424 g/mol. The van der Waals surface area contributed by atoms with Gasteiger partial charge in [0.1, 0.15) is 6.29 Å². The molecule has 7 heteroatoms. The van der Waals surface area contributed by atoms with Crippen LogP contribution in [-0.4, -0.2) is 61.9 Å². The minimum absolute atomic E-state index is 0.208. The molecule has 2 N–H and O–H groups in total. The van der Waals surface area contributed by atoms with Crippen molar-refractivity contribution < 1.29 is 34.0 Å². The molecule has 2 unspecified atom stereocenters. The third-order valence-corrected chi connectivity index (χ3v) is 6.13. The summed E-state index contributed by atoms with van der Waals surface area (Å²) < 4.78 is 22.3. The van der Waals surface area contributed by atoms with Crippen LogP contribution < -0.4 is 9.47 Å². The molecule has 2 atom stereocenters. The van der Waals surface area contributed by atoms with Crippen molar-refractivity contribution in [2.75, 3.05) is 33.2 Å². The van der Waals surface area contributed by atoms with Crippen LogP contribution in [0, 0.1) is 5.41 Å². The molecule has 188 valence electrons. The van der Waals surface area contributed by atoms with Crippen molar-refractivity contribution in [1.82, 2.24) is 0 Å². The lowest BCUT2D eigenvalue weighted by Gasteiger charge is -2.29. The molecule has 0 saturated carbocycles. The molecule has 0 fully saturated rings. The second kappa shape index (κ2) is 15.3.